The van der Waals surface area contributed by atoms with Crippen LogP contribution in [-0.4, -0.2) is 12.6 Å². The molecule has 88 valence electrons. The van der Waals surface area contributed by atoms with Gasteiger partial charge in [-0.3, -0.25) is 0 Å². The van der Waals surface area contributed by atoms with Crippen molar-refractivity contribution in [2.45, 2.75) is 33.1 Å². The van der Waals surface area contributed by atoms with Gasteiger partial charge in [0.2, 0.25) is 0 Å². The van der Waals surface area contributed by atoms with E-state index in [1.807, 2.05) is 12.1 Å². The molecule has 16 heavy (non-hydrogen) atoms. The van der Waals surface area contributed by atoms with Crippen LogP contribution in [0.4, 0.5) is 5.69 Å². The van der Waals surface area contributed by atoms with Crippen molar-refractivity contribution in [3.8, 4) is 0 Å². The number of nitrogen functional groups attached to an aromatic ring is 1. The van der Waals surface area contributed by atoms with Crippen LogP contribution in [0, 0.1) is 0 Å². The molecule has 0 aromatic heterocycles. The van der Waals surface area contributed by atoms with Crippen molar-refractivity contribution < 1.29 is 9.53 Å². The number of nitrogens with two attached hydrogens (primary N) is 1. The summed E-state index contributed by atoms with van der Waals surface area (Å²) in [6.07, 6.45) is 1.03. The fourth-order valence-corrected chi connectivity index (χ4v) is 1.50. The Labute approximate surface area is 96.6 Å². The van der Waals surface area contributed by atoms with Crippen molar-refractivity contribution in [1.82, 2.24) is 0 Å². The van der Waals surface area contributed by atoms with Crippen LogP contribution in [-0.2, 0) is 4.74 Å². The van der Waals surface area contributed by atoms with Gasteiger partial charge < -0.3 is 10.5 Å². The fraction of sp³-hybridized carbons (Fsp3) is 0.462. The molecule has 1 unspecified atom stereocenters. The summed E-state index contributed by atoms with van der Waals surface area (Å²) in [6, 6.07) is 5.57. The van der Waals surface area contributed by atoms with Gasteiger partial charge in [-0.25, -0.2) is 4.79 Å². The molecule has 3 nitrogen and oxygen atoms in total. The van der Waals surface area contributed by atoms with Crippen molar-refractivity contribution in [2.24, 2.45) is 0 Å². The van der Waals surface area contributed by atoms with Crippen molar-refractivity contribution in [1.29, 1.82) is 0 Å². The molecule has 0 saturated carbocycles. The molecule has 1 aromatic rings. The molecule has 0 aliphatic rings. The summed E-state index contributed by atoms with van der Waals surface area (Å²) in [5.41, 5.74) is 7.84. The lowest BCUT2D eigenvalue weighted by Gasteiger charge is -2.12. The molecule has 3 heteroatoms. The standard InChI is InChI=1S/C13H19NO2/c1-4-9(3)10-6-7-12(14)11(8-10)13(15)16-5-2/h6-9H,4-5,14H2,1-3H3. The van der Waals surface area contributed by atoms with E-state index < -0.39 is 0 Å². The lowest BCUT2D eigenvalue weighted by Crippen LogP contribution is -2.09. The smallest absolute Gasteiger partial charge is 0.340 e. The third-order valence-corrected chi connectivity index (χ3v) is 2.75. The zero-order valence-electron chi connectivity index (χ0n) is 10.1. The number of rotatable bonds is 4. The second kappa shape index (κ2) is 5.54. The van der Waals surface area contributed by atoms with Gasteiger partial charge in [0.1, 0.15) is 0 Å². The maximum Gasteiger partial charge on any atom is 0.340 e. The van der Waals surface area contributed by atoms with Crippen LogP contribution in [0.1, 0.15) is 49.0 Å². The Morgan fingerprint density at radius 3 is 2.69 bits per heavy atom. The van der Waals surface area contributed by atoms with Crippen LogP contribution < -0.4 is 5.73 Å². The molecule has 0 aliphatic heterocycles. The van der Waals surface area contributed by atoms with Crippen LogP contribution in [0.15, 0.2) is 18.2 Å². The van der Waals surface area contributed by atoms with Crippen molar-refractivity contribution in [2.75, 3.05) is 12.3 Å². The lowest BCUT2D eigenvalue weighted by atomic mass is 9.96. The predicted octanol–water partition coefficient (Wildman–Crippen LogP) is 2.96. The van der Waals surface area contributed by atoms with Gasteiger partial charge in [0, 0.05) is 5.69 Å². The van der Waals surface area contributed by atoms with Gasteiger partial charge in [-0.15, -0.1) is 0 Å². The molecule has 0 amide bonds. The van der Waals surface area contributed by atoms with E-state index in [-0.39, 0.29) is 5.97 Å². The Morgan fingerprint density at radius 1 is 1.44 bits per heavy atom. The first-order valence-corrected chi connectivity index (χ1v) is 5.66. The topological polar surface area (TPSA) is 52.3 Å². The number of hydrogen-bond donors (Lipinski definition) is 1. The summed E-state index contributed by atoms with van der Waals surface area (Å²) in [5, 5.41) is 0. The van der Waals surface area contributed by atoms with E-state index in [4.69, 9.17) is 10.5 Å². The SMILES string of the molecule is CCOC(=O)c1cc(C(C)CC)ccc1N. The van der Waals surface area contributed by atoms with Crippen molar-refractivity contribution in [3.05, 3.63) is 29.3 Å². The highest BCUT2D eigenvalue weighted by atomic mass is 16.5. The van der Waals surface area contributed by atoms with Gasteiger partial charge in [0.25, 0.3) is 0 Å². The number of esters is 1. The first kappa shape index (κ1) is 12.6. The highest BCUT2D eigenvalue weighted by Crippen LogP contribution is 2.23. The number of hydrogen-bond acceptors (Lipinski definition) is 3. The number of carbonyl (C=O) groups excluding carboxylic acids is 1. The minimum absolute atomic E-state index is 0.342. The lowest BCUT2D eigenvalue weighted by molar-refractivity contribution is 0.0527. The number of ether oxygens (including phenoxy) is 1. The van der Waals surface area contributed by atoms with Gasteiger partial charge >= 0.3 is 5.97 Å². The largest absolute Gasteiger partial charge is 0.462 e. The quantitative estimate of drug-likeness (QED) is 0.628. The molecule has 1 atom stereocenters. The van der Waals surface area contributed by atoms with Crippen molar-refractivity contribution in [3.63, 3.8) is 0 Å². The molecule has 0 aliphatic carbocycles. The van der Waals surface area contributed by atoms with E-state index in [2.05, 4.69) is 13.8 Å². The minimum atomic E-state index is -0.342. The van der Waals surface area contributed by atoms with Crippen LogP contribution in [0.5, 0.6) is 0 Å². The molecule has 0 spiro atoms. The summed E-state index contributed by atoms with van der Waals surface area (Å²) in [5.74, 6) is 0.0823. The van der Waals surface area contributed by atoms with E-state index in [0.717, 1.165) is 12.0 Å². The number of benzene rings is 1. The summed E-state index contributed by atoms with van der Waals surface area (Å²) in [4.78, 5) is 11.6. The Bertz CT molecular complexity index is 374. The summed E-state index contributed by atoms with van der Waals surface area (Å²) >= 11 is 0. The Balaban J connectivity index is 3.03. The van der Waals surface area contributed by atoms with Crippen LogP contribution in [0.25, 0.3) is 0 Å². The fourth-order valence-electron chi connectivity index (χ4n) is 1.50. The van der Waals surface area contributed by atoms with E-state index in [0.29, 0.717) is 23.8 Å². The predicted molar refractivity (Wildman–Crippen MR) is 65.5 cm³/mol. The average molecular weight is 221 g/mol. The molecule has 0 heterocycles. The molecule has 0 saturated heterocycles. The maximum atomic E-state index is 11.6. The average Bonchev–Trinajstić information content (AvgIpc) is 2.29. The zero-order chi connectivity index (χ0) is 12.1. The van der Waals surface area contributed by atoms with Crippen LogP contribution >= 0.6 is 0 Å². The normalized spacial score (nSPS) is 12.2. The molecular formula is C13H19NO2. The van der Waals surface area contributed by atoms with E-state index in [9.17, 15) is 4.79 Å². The third kappa shape index (κ3) is 2.75. The zero-order valence-corrected chi connectivity index (χ0v) is 10.1. The van der Waals surface area contributed by atoms with E-state index in [1.165, 1.54) is 0 Å². The molecule has 0 fully saturated rings. The first-order valence-electron chi connectivity index (χ1n) is 5.66. The third-order valence-electron chi connectivity index (χ3n) is 2.75. The van der Waals surface area contributed by atoms with Gasteiger partial charge in [-0.1, -0.05) is 19.9 Å². The van der Waals surface area contributed by atoms with Crippen LogP contribution in [0.2, 0.25) is 0 Å². The Kier molecular flexibility index (Phi) is 4.35. The monoisotopic (exact) mass is 221 g/mol. The highest BCUT2D eigenvalue weighted by Gasteiger charge is 2.13. The minimum Gasteiger partial charge on any atom is -0.462 e. The van der Waals surface area contributed by atoms with Gasteiger partial charge in [-0.2, -0.15) is 0 Å². The van der Waals surface area contributed by atoms with E-state index in [1.54, 1.807) is 13.0 Å². The van der Waals surface area contributed by atoms with E-state index >= 15 is 0 Å². The van der Waals surface area contributed by atoms with Gasteiger partial charge in [-0.05, 0) is 37.0 Å². The molecule has 0 bridgehead atoms. The Hall–Kier alpha value is -1.51. The molecule has 2 N–H and O–H groups in total. The summed E-state index contributed by atoms with van der Waals surface area (Å²) in [7, 11) is 0. The van der Waals surface area contributed by atoms with Gasteiger partial charge in [0.15, 0.2) is 0 Å². The first-order chi connectivity index (χ1) is 7.60. The molecule has 1 rings (SSSR count). The Morgan fingerprint density at radius 2 is 2.12 bits per heavy atom. The number of anilines is 1. The maximum absolute atomic E-state index is 11.6. The molecule has 1 aromatic carbocycles. The van der Waals surface area contributed by atoms with Crippen LogP contribution in [0.3, 0.4) is 0 Å². The van der Waals surface area contributed by atoms with Crippen molar-refractivity contribution >= 4 is 11.7 Å². The molecular weight excluding hydrogens is 202 g/mol. The summed E-state index contributed by atoms with van der Waals surface area (Å²) in [6.45, 7) is 6.39. The second-order valence-electron chi connectivity index (χ2n) is 3.88. The highest BCUT2D eigenvalue weighted by molar-refractivity contribution is 5.95. The molecule has 0 radical (unpaired) electrons. The number of carbonyl (C=O) groups is 1. The second-order valence-corrected chi connectivity index (χ2v) is 3.88. The summed E-state index contributed by atoms with van der Waals surface area (Å²) < 4.78 is 4.96. The van der Waals surface area contributed by atoms with Gasteiger partial charge in [0.05, 0.1) is 12.2 Å².